The Labute approximate surface area is 178 Å². The molecule has 1 aromatic heterocycles. The van der Waals surface area contributed by atoms with Crippen LogP contribution in [-0.2, 0) is 10.0 Å². The predicted octanol–water partition coefficient (Wildman–Crippen LogP) is 2.28. The first-order valence-corrected chi connectivity index (χ1v) is 11.8. The maximum absolute atomic E-state index is 12.7. The summed E-state index contributed by atoms with van der Waals surface area (Å²) in [7, 11) is -3.55. The number of amides is 1. The third-order valence-electron chi connectivity index (χ3n) is 4.60. The Morgan fingerprint density at radius 2 is 1.80 bits per heavy atom. The molecule has 1 aliphatic heterocycles. The van der Waals surface area contributed by atoms with Crippen LogP contribution < -0.4 is 10.2 Å². The van der Waals surface area contributed by atoms with E-state index in [-0.39, 0.29) is 34.5 Å². The van der Waals surface area contributed by atoms with Crippen LogP contribution in [0.15, 0.2) is 53.6 Å². The van der Waals surface area contributed by atoms with Gasteiger partial charge in [-0.2, -0.15) is 13.1 Å². The van der Waals surface area contributed by atoms with E-state index in [0.717, 1.165) is 5.82 Å². The first-order valence-electron chi connectivity index (χ1n) is 9.32. The molecule has 1 saturated heterocycles. The van der Waals surface area contributed by atoms with Gasteiger partial charge >= 0.3 is 0 Å². The van der Waals surface area contributed by atoms with Crippen molar-refractivity contribution in [2.45, 2.75) is 10.7 Å². The molecule has 1 aliphatic rings. The highest BCUT2D eigenvalue weighted by Crippen LogP contribution is 2.28. The number of hydrogen-bond donors (Lipinski definition) is 1. The molecule has 0 saturated carbocycles. The number of alkyl halides is 2. The van der Waals surface area contributed by atoms with E-state index < -0.39 is 21.7 Å². The molecule has 3 rings (SSSR count). The second-order valence-corrected chi connectivity index (χ2v) is 9.64. The number of piperazine rings is 1. The zero-order chi connectivity index (χ0) is 21.6. The number of thioether (sulfide) groups is 1. The number of nitrogens with zero attached hydrogens (tertiary/aromatic N) is 3. The molecular weight excluding hydrogens is 434 g/mol. The number of anilines is 1. The van der Waals surface area contributed by atoms with Gasteiger partial charge in [-0.15, -0.1) is 0 Å². The molecule has 7 nitrogen and oxygen atoms in total. The standard InChI is InChI=1S/C19H22F2N4O3S2/c20-19(21)29-16-6-2-1-5-15(16)18(26)23-9-14-30(27,28)25-12-10-24(11-13-25)17-7-3-4-8-22-17/h1-8,19H,9-14H2,(H,23,26). The average molecular weight is 457 g/mol. The number of sulfonamides is 1. The number of benzene rings is 1. The minimum absolute atomic E-state index is 0.101. The van der Waals surface area contributed by atoms with Crippen molar-refractivity contribution in [2.75, 3.05) is 43.4 Å². The first-order chi connectivity index (χ1) is 14.4. The molecule has 1 amide bonds. The van der Waals surface area contributed by atoms with Gasteiger partial charge < -0.3 is 10.2 Å². The van der Waals surface area contributed by atoms with Crippen LogP contribution in [-0.4, -0.2) is 67.8 Å². The molecule has 0 radical (unpaired) electrons. The summed E-state index contributed by atoms with van der Waals surface area (Å²) in [5.41, 5.74) is 0.101. The lowest BCUT2D eigenvalue weighted by atomic mass is 10.2. The third-order valence-corrected chi connectivity index (χ3v) is 7.26. The van der Waals surface area contributed by atoms with Gasteiger partial charge in [0.05, 0.1) is 11.3 Å². The zero-order valence-electron chi connectivity index (χ0n) is 16.1. The van der Waals surface area contributed by atoms with Crippen molar-refractivity contribution in [3.63, 3.8) is 0 Å². The van der Waals surface area contributed by atoms with Gasteiger partial charge in [0.25, 0.3) is 11.7 Å². The van der Waals surface area contributed by atoms with Crippen LogP contribution in [0.1, 0.15) is 10.4 Å². The van der Waals surface area contributed by atoms with Crippen LogP contribution in [0.3, 0.4) is 0 Å². The van der Waals surface area contributed by atoms with Gasteiger partial charge in [0.2, 0.25) is 10.0 Å². The molecule has 11 heteroatoms. The minimum Gasteiger partial charge on any atom is -0.354 e. The molecule has 2 heterocycles. The number of pyridine rings is 1. The maximum Gasteiger partial charge on any atom is 0.288 e. The van der Waals surface area contributed by atoms with E-state index in [9.17, 15) is 22.0 Å². The quantitative estimate of drug-likeness (QED) is 0.614. The normalized spacial score (nSPS) is 15.4. The molecule has 0 unspecified atom stereocenters. The van der Waals surface area contributed by atoms with Gasteiger partial charge in [-0.25, -0.2) is 13.4 Å². The molecule has 1 N–H and O–H groups in total. The lowest BCUT2D eigenvalue weighted by molar-refractivity contribution is 0.0953. The van der Waals surface area contributed by atoms with Gasteiger partial charge in [-0.1, -0.05) is 30.0 Å². The van der Waals surface area contributed by atoms with E-state index in [2.05, 4.69) is 10.3 Å². The van der Waals surface area contributed by atoms with Gasteiger partial charge in [0.1, 0.15) is 5.82 Å². The number of aromatic nitrogens is 1. The van der Waals surface area contributed by atoms with Gasteiger partial charge in [0.15, 0.2) is 0 Å². The fourth-order valence-corrected chi connectivity index (χ4v) is 5.08. The van der Waals surface area contributed by atoms with Gasteiger partial charge in [-0.3, -0.25) is 4.79 Å². The first kappa shape index (κ1) is 22.4. The predicted molar refractivity (Wildman–Crippen MR) is 112 cm³/mol. The zero-order valence-corrected chi connectivity index (χ0v) is 17.7. The third kappa shape index (κ3) is 5.89. The number of carbonyl (C=O) groups is 1. The second kappa shape index (κ2) is 10.2. The van der Waals surface area contributed by atoms with Crippen LogP contribution in [0.2, 0.25) is 0 Å². The molecular formula is C19H22F2N4O3S2. The van der Waals surface area contributed by atoms with E-state index in [1.807, 2.05) is 23.1 Å². The average Bonchev–Trinajstić information content (AvgIpc) is 2.74. The van der Waals surface area contributed by atoms with Crippen LogP contribution in [0.5, 0.6) is 0 Å². The molecule has 0 spiro atoms. The van der Waals surface area contributed by atoms with E-state index in [1.54, 1.807) is 18.3 Å². The summed E-state index contributed by atoms with van der Waals surface area (Å²) >= 11 is 0.283. The highest BCUT2D eigenvalue weighted by molar-refractivity contribution is 7.99. The Balaban J connectivity index is 1.51. The van der Waals surface area contributed by atoms with E-state index in [4.69, 9.17) is 0 Å². The van der Waals surface area contributed by atoms with Crippen molar-refractivity contribution in [1.29, 1.82) is 0 Å². The second-order valence-electron chi connectivity index (χ2n) is 6.52. The molecule has 0 atom stereocenters. The Hall–Kier alpha value is -2.24. The minimum atomic E-state index is -3.55. The molecule has 0 bridgehead atoms. The Morgan fingerprint density at radius 3 is 2.47 bits per heavy atom. The van der Waals surface area contributed by atoms with E-state index in [0.29, 0.717) is 26.2 Å². The Bertz CT molecular complexity index is 953. The number of rotatable bonds is 8. The summed E-state index contributed by atoms with van der Waals surface area (Å²) in [4.78, 5) is 18.8. The maximum atomic E-state index is 12.7. The number of nitrogens with one attached hydrogen (secondary N) is 1. The van der Waals surface area contributed by atoms with Crippen molar-refractivity contribution < 1.29 is 22.0 Å². The summed E-state index contributed by atoms with van der Waals surface area (Å²) in [5.74, 6) is -2.67. The lowest BCUT2D eigenvalue weighted by Crippen LogP contribution is -2.50. The van der Waals surface area contributed by atoms with Crippen LogP contribution >= 0.6 is 11.8 Å². The van der Waals surface area contributed by atoms with Gasteiger partial charge in [0, 0.05) is 43.8 Å². The fraction of sp³-hybridized carbons (Fsp3) is 0.368. The summed E-state index contributed by atoms with van der Waals surface area (Å²) < 4.78 is 51.9. The molecule has 0 aliphatic carbocycles. The monoisotopic (exact) mass is 456 g/mol. The summed E-state index contributed by atoms with van der Waals surface area (Å²) in [6.07, 6.45) is 1.69. The van der Waals surface area contributed by atoms with Crippen LogP contribution in [0.25, 0.3) is 0 Å². The SMILES string of the molecule is O=C(NCCS(=O)(=O)N1CCN(c2ccccn2)CC1)c1ccccc1SC(F)F. The van der Waals surface area contributed by atoms with Crippen molar-refractivity contribution in [3.05, 3.63) is 54.2 Å². The fourth-order valence-electron chi connectivity index (χ4n) is 3.11. The molecule has 1 aromatic carbocycles. The lowest BCUT2D eigenvalue weighted by Gasteiger charge is -2.34. The summed E-state index contributed by atoms with van der Waals surface area (Å²) in [5, 5.41) is 2.52. The Kier molecular flexibility index (Phi) is 7.62. The highest BCUT2D eigenvalue weighted by atomic mass is 32.2. The molecule has 1 fully saturated rings. The van der Waals surface area contributed by atoms with Crippen molar-refractivity contribution >= 4 is 33.5 Å². The summed E-state index contributed by atoms with van der Waals surface area (Å²) in [6.45, 7) is 1.62. The van der Waals surface area contributed by atoms with Crippen molar-refractivity contribution in [1.82, 2.24) is 14.6 Å². The molecule has 2 aromatic rings. The topological polar surface area (TPSA) is 82.6 Å². The number of halogens is 2. The smallest absolute Gasteiger partial charge is 0.288 e. The van der Waals surface area contributed by atoms with Crippen LogP contribution in [0, 0.1) is 0 Å². The molecule has 162 valence electrons. The summed E-state index contributed by atoms with van der Waals surface area (Å²) in [6, 6.07) is 11.6. The highest BCUT2D eigenvalue weighted by Gasteiger charge is 2.27. The van der Waals surface area contributed by atoms with Crippen molar-refractivity contribution in [3.8, 4) is 0 Å². The molecule has 30 heavy (non-hydrogen) atoms. The number of hydrogen-bond acceptors (Lipinski definition) is 6. The largest absolute Gasteiger partial charge is 0.354 e. The number of carbonyl (C=O) groups excluding carboxylic acids is 1. The van der Waals surface area contributed by atoms with Crippen molar-refractivity contribution in [2.24, 2.45) is 0 Å². The van der Waals surface area contributed by atoms with E-state index >= 15 is 0 Å². The Morgan fingerprint density at radius 1 is 1.10 bits per heavy atom. The van der Waals surface area contributed by atoms with Gasteiger partial charge in [-0.05, 0) is 24.3 Å². The van der Waals surface area contributed by atoms with Crippen LogP contribution in [0.4, 0.5) is 14.6 Å². The van der Waals surface area contributed by atoms with E-state index in [1.165, 1.54) is 16.4 Å².